The first kappa shape index (κ1) is 12.5. The van der Waals surface area contributed by atoms with Crippen molar-refractivity contribution in [3.63, 3.8) is 0 Å². The van der Waals surface area contributed by atoms with Gasteiger partial charge in [-0.2, -0.15) is 0 Å². The van der Waals surface area contributed by atoms with Gasteiger partial charge in [0.15, 0.2) is 0 Å². The average molecular weight is 239 g/mol. The highest BCUT2D eigenvalue weighted by atomic mass is 19.1. The van der Waals surface area contributed by atoms with Crippen molar-refractivity contribution in [3.8, 4) is 0 Å². The van der Waals surface area contributed by atoms with Crippen LogP contribution in [0, 0.1) is 12.7 Å². The van der Waals surface area contributed by atoms with Gasteiger partial charge in [-0.25, -0.2) is 4.39 Å². The van der Waals surface area contributed by atoms with E-state index in [1.165, 1.54) is 12.1 Å². The van der Waals surface area contributed by atoms with Gasteiger partial charge in [0.2, 0.25) is 0 Å². The molecule has 1 aliphatic heterocycles. The van der Waals surface area contributed by atoms with Crippen molar-refractivity contribution in [2.24, 2.45) is 0 Å². The fraction of sp³-hybridized carbons (Fsp3) is 0.538. The Morgan fingerprint density at radius 1 is 1.53 bits per heavy atom. The maximum absolute atomic E-state index is 13.1. The van der Waals surface area contributed by atoms with Gasteiger partial charge in [-0.05, 0) is 30.2 Å². The van der Waals surface area contributed by atoms with Gasteiger partial charge in [-0.1, -0.05) is 6.07 Å². The quantitative estimate of drug-likeness (QED) is 0.834. The van der Waals surface area contributed by atoms with Gasteiger partial charge < -0.3 is 15.2 Å². The summed E-state index contributed by atoms with van der Waals surface area (Å²) in [6, 6.07) is 4.74. The average Bonchev–Trinajstić information content (AvgIpc) is 2.71. The number of hydrogen-bond acceptors (Lipinski definition) is 3. The summed E-state index contributed by atoms with van der Waals surface area (Å²) in [5.74, 6) is -0.227. The van der Waals surface area contributed by atoms with E-state index in [-0.39, 0.29) is 5.82 Å². The molecule has 1 atom stereocenters. The summed E-state index contributed by atoms with van der Waals surface area (Å²) >= 11 is 0. The zero-order valence-electron chi connectivity index (χ0n) is 10.0. The van der Waals surface area contributed by atoms with E-state index < -0.39 is 5.60 Å². The Kier molecular flexibility index (Phi) is 3.76. The summed E-state index contributed by atoms with van der Waals surface area (Å²) < 4.78 is 18.2. The Morgan fingerprint density at radius 3 is 3.06 bits per heavy atom. The molecule has 2 rings (SSSR count). The van der Waals surface area contributed by atoms with Gasteiger partial charge in [0.25, 0.3) is 0 Å². The number of benzene rings is 1. The molecule has 0 radical (unpaired) electrons. The van der Waals surface area contributed by atoms with Crippen LogP contribution in [0.3, 0.4) is 0 Å². The van der Waals surface area contributed by atoms with Crippen molar-refractivity contribution in [3.05, 3.63) is 35.1 Å². The van der Waals surface area contributed by atoms with Gasteiger partial charge in [0.05, 0.1) is 6.61 Å². The molecule has 0 spiro atoms. The summed E-state index contributed by atoms with van der Waals surface area (Å²) in [6.45, 7) is 3.97. The van der Waals surface area contributed by atoms with E-state index in [4.69, 9.17) is 4.74 Å². The van der Waals surface area contributed by atoms with Crippen molar-refractivity contribution >= 4 is 0 Å². The van der Waals surface area contributed by atoms with Crippen LogP contribution >= 0.6 is 0 Å². The minimum Gasteiger partial charge on any atom is -0.386 e. The van der Waals surface area contributed by atoms with Crippen molar-refractivity contribution in [1.82, 2.24) is 5.32 Å². The summed E-state index contributed by atoms with van der Waals surface area (Å²) in [5.41, 5.74) is 1.21. The second kappa shape index (κ2) is 5.12. The van der Waals surface area contributed by atoms with E-state index in [1.54, 1.807) is 6.07 Å². The summed E-state index contributed by atoms with van der Waals surface area (Å²) in [5, 5.41) is 13.2. The van der Waals surface area contributed by atoms with Crippen LogP contribution < -0.4 is 5.32 Å². The van der Waals surface area contributed by atoms with E-state index in [9.17, 15) is 9.50 Å². The minimum absolute atomic E-state index is 0.227. The Labute approximate surface area is 101 Å². The molecule has 3 nitrogen and oxygen atoms in total. The lowest BCUT2D eigenvalue weighted by molar-refractivity contribution is 0.0268. The summed E-state index contributed by atoms with van der Waals surface area (Å²) in [4.78, 5) is 0. The number of rotatable bonds is 4. The fourth-order valence-corrected chi connectivity index (χ4v) is 2.00. The standard InChI is InChI=1S/C13H18FNO2/c1-10-2-3-12(14)6-11(10)7-15-8-13(16)4-5-17-9-13/h2-3,6,15-16H,4-5,7-9H2,1H3. The second-order valence-electron chi connectivity index (χ2n) is 4.70. The molecule has 4 heteroatoms. The molecule has 0 aromatic heterocycles. The normalized spacial score (nSPS) is 24.2. The highest BCUT2D eigenvalue weighted by molar-refractivity contribution is 5.26. The lowest BCUT2D eigenvalue weighted by atomic mass is 10.0. The predicted molar refractivity (Wildman–Crippen MR) is 63.2 cm³/mol. The van der Waals surface area contributed by atoms with Gasteiger partial charge in [0, 0.05) is 26.1 Å². The van der Waals surface area contributed by atoms with Crippen LogP contribution in [0.1, 0.15) is 17.5 Å². The maximum atomic E-state index is 13.1. The van der Waals surface area contributed by atoms with Crippen molar-refractivity contribution in [1.29, 1.82) is 0 Å². The molecule has 0 saturated carbocycles. The zero-order valence-corrected chi connectivity index (χ0v) is 10.0. The Hall–Kier alpha value is -0.970. The SMILES string of the molecule is Cc1ccc(F)cc1CNCC1(O)CCOC1. The first-order valence-corrected chi connectivity index (χ1v) is 5.85. The number of aryl methyl sites for hydroxylation is 1. The number of halogens is 1. The lowest BCUT2D eigenvalue weighted by Crippen LogP contribution is -2.40. The van der Waals surface area contributed by atoms with Gasteiger partial charge >= 0.3 is 0 Å². The van der Waals surface area contributed by atoms with Crippen LogP contribution in [0.15, 0.2) is 18.2 Å². The lowest BCUT2D eigenvalue weighted by Gasteiger charge is -2.21. The van der Waals surface area contributed by atoms with Crippen molar-refractivity contribution in [2.75, 3.05) is 19.8 Å². The van der Waals surface area contributed by atoms with Crippen LogP contribution in [0.2, 0.25) is 0 Å². The van der Waals surface area contributed by atoms with Crippen LogP contribution in [-0.4, -0.2) is 30.5 Å². The molecule has 1 unspecified atom stereocenters. The molecule has 17 heavy (non-hydrogen) atoms. The molecule has 0 bridgehead atoms. The van der Waals surface area contributed by atoms with E-state index in [0.29, 0.717) is 32.7 Å². The van der Waals surface area contributed by atoms with Crippen molar-refractivity contribution in [2.45, 2.75) is 25.5 Å². The Bertz CT molecular complexity index is 389. The van der Waals surface area contributed by atoms with E-state index in [2.05, 4.69) is 5.32 Å². The van der Waals surface area contributed by atoms with Crippen molar-refractivity contribution < 1.29 is 14.2 Å². The maximum Gasteiger partial charge on any atom is 0.123 e. The second-order valence-corrected chi connectivity index (χ2v) is 4.70. The van der Waals surface area contributed by atoms with Crippen LogP contribution in [-0.2, 0) is 11.3 Å². The molecule has 2 N–H and O–H groups in total. The molecule has 1 saturated heterocycles. The molecule has 0 amide bonds. The number of nitrogens with one attached hydrogen (secondary N) is 1. The number of ether oxygens (including phenoxy) is 1. The molecule has 1 aromatic carbocycles. The van der Waals surface area contributed by atoms with Gasteiger partial charge in [0.1, 0.15) is 11.4 Å². The van der Waals surface area contributed by atoms with E-state index in [1.807, 2.05) is 6.92 Å². The monoisotopic (exact) mass is 239 g/mol. The summed E-state index contributed by atoms with van der Waals surface area (Å²) in [6.07, 6.45) is 0.655. The molecule has 1 aromatic rings. The third kappa shape index (κ3) is 3.25. The molecule has 1 fully saturated rings. The number of hydrogen-bond donors (Lipinski definition) is 2. The van der Waals surface area contributed by atoms with Crippen LogP contribution in [0.25, 0.3) is 0 Å². The molecular weight excluding hydrogens is 221 g/mol. The highest BCUT2D eigenvalue weighted by Crippen LogP contribution is 2.17. The predicted octanol–water partition coefficient (Wildman–Crippen LogP) is 1.38. The van der Waals surface area contributed by atoms with E-state index >= 15 is 0 Å². The highest BCUT2D eigenvalue weighted by Gasteiger charge is 2.31. The fourth-order valence-electron chi connectivity index (χ4n) is 2.00. The topological polar surface area (TPSA) is 41.5 Å². The van der Waals surface area contributed by atoms with Gasteiger partial charge in [-0.3, -0.25) is 0 Å². The Balaban J connectivity index is 1.87. The molecule has 1 aliphatic rings. The summed E-state index contributed by atoms with van der Waals surface area (Å²) in [7, 11) is 0. The first-order chi connectivity index (χ1) is 8.09. The molecule has 0 aliphatic carbocycles. The third-order valence-electron chi connectivity index (χ3n) is 3.16. The van der Waals surface area contributed by atoms with Gasteiger partial charge in [-0.15, -0.1) is 0 Å². The Morgan fingerprint density at radius 2 is 2.35 bits per heavy atom. The minimum atomic E-state index is -0.763. The third-order valence-corrected chi connectivity index (χ3v) is 3.16. The largest absolute Gasteiger partial charge is 0.386 e. The number of aliphatic hydroxyl groups is 1. The smallest absolute Gasteiger partial charge is 0.123 e. The van der Waals surface area contributed by atoms with Crippen LogP contribution in [0.5, 0.6) is 0 Å². The zero-order chi connectivity index (χ0) is 12.3. The molecular formula is C13H18FNO2. The van der Waals surface area contributed by atoms with Crippen LogP contribution in [0.4, 0.5) is 4.39 Å². The molecule has 1 heterocycles. The van der Waals surface area contributed by atoms with E-state index in [0.717, 1.165) is 11.1 Å². The first-order valence-electron chi connectivity index (χ1n) is 5.85. The molecule has 94 valence electrons.